The maximum absolute atomic E-state index is 11.7. The summed E-state index contributed by atoms with van der Waals surface area (Å²) in [5.74, 6) is 0.897. The highest BCUT2D eigenvalue weighted by Crippen LogP contribution is 2.27. The lowest BCUT2D eigenvalue weighted by molar-refractivity contribution is -0.123. The first-order chi connectivity index (χ1) is 12.6. The fourth-order valence-corrected chi connectivity index (χ4v) is 2.10. The Labute approximate surface area is 155 Å². The van der Waals surface area contributed by atoms with Crippen LogP contribution in [0.15, 0.2) is 47.6 Å². The van der Waals surface area contributed by atoms with Gasteiger partial charge < -0.3 is 14.2 Å². The summed E-state index contributed by atoms with van der Waals surface area (Å²) in [6.07, 6.45) is 1.45. The van der Waals surface area contributed by atoms with Crippen LogP contribution in [0.2, 0.25) is 5.02 Å². The third kappa shape index (κ3) is 5.69. The van der Waals surface area contributed by atoms with Crippen molar-refractivity contribution in [1.82, 2.24) is 5.43 Å². The van der Waals surface area contributed by atoms with E-state index in [4.69, 9.17) is 31.1 Å². The summed E-state index contributed by atoms with van der Waals surface area (Å²) < 4.78 is 15.7. The fourth-order valence-electron chi connectivity index (χ4n) is 1.91. The Morgan fingerprint density at radius 2 is 2.04 bits per heavy atom. The van der Waals surface area contributed by atoms with E-state index in [1.165, 1.54) is 13.3 Å². The van der Waals surface area contributed by atoms with Gasteiger partial charge in [-0.1, -0.05) is 23.7 Å². The molecule has 0 bridgehead atoms. The molecule has 26 heavy (non-hydrogen) atoms. The zero-order chi connectivity index (χ0) is 18.8. The molecule has 0 atom stereocenters. The molecule has 0 unspecified atom stereocenters. The first kappa shape index (κ1) is 19.1. The van der Waals surface area contributed by atoms with Crippen molar-refractivity contribution in [2.24, 2.45) is 5.10 Å². The van der Waals surface area contributed by atoms with E-state index < -0.39 is 5.91 Å². The second-order valence-corrected chi connectivity index (χ2v) is 5.28. The molecule has 2 aromatic rings. The van der Waals surface area contributed by atoms with Gasteiger partial charge in [0.25, 0.3) is 5.91 Å². The van der Waals surface area contributed by atoms with Crippen molar-refractivity contribution in [2.45, 2.75) is 0 Å². The third-order valence-electron chi connectivity index (χ3n) is 3.08. The Bertz CT molecular complexity index is 833. The van der Waals surface area contributed by atoms with Crippen molar-refractivity contribution < 1.29 is 19.0 Å². The number of benzene rings is 2. The second kappa shape index (κ2) is 9.91. The summed E-state index contributed by atoms with van der Waals surface area (Å²) in [5, 5.41) is 12.8. The summed E-state index contributed by atoms with van der Waals surface area (Å²) in [7, 11) is 1.49. The average molecular weight is 374 g/mol. The summed E-state index contributed by atoms with van der Waals surface area (Å²) in [6.45, 7) is -0.295. The van der Waals surface area contributed by atoms with E-state index in [0.29, 0.717) is 27.8 Å². The largest absolute Gasteiger partial charge is 0.493 e. The van der Waals surface area contributed by atoms with E-state index in [9.17, 15) is 4.79 Å². The van der Waals surface area contributed by atoms with Gasteiger partial charge in [0, 0.05) is 0 Å². The number of hydrazone groups is 1. The van der Waals surface area contributed by atoms with E-state index in [1.807, 2.05) is 6.07 Å². The van der Waals surface area contributed by atoms with Crippen LogP contribution in [-0.2, 0) is 4.79 Å². The fraction of sp³-hybridized carbons (Fsp3) is 0.167. The van der Waals surface area contributed by atoms with Crippen LogP contribution in [0.3, 0.4) is 0 Å². The van der Waals surface area contributed by atoms with Crippen molar-refractivity contribution in [3.05, 3.63) is 53.1 Å². The van der Waals surface area contributed by atoms with E-state index in [1.54, 1.807) is 42.5 Å². The summed E-state index contributed by atoms with van der Waals surface area (Å²) in [5.41, 5.74) is 3.03. The summed E-state index contributed by atoms with van der Waals surface area (Å²) in [4.78, 5) is 11.7. The number of carbonyl (C=O) groups is 1. The molecule has 0 saturated carbocycles. The molecule has 1 N–H and O–H groups in total. The smallest absolute Gasteiger partial charge is 0.277 e. The number of halogens is 1. The Morgan fingerprint density at radius 1 is 1.23 bits per heavy atom. The number of nitriles is 1. The van der Waals surface area contributed by atoms with Crippen LogP contribution in [0.25, 0.3) is 0 Å². The Kier molecular flexibility index (Phi) is 7.28. The number of ether oxygens (including phenoxy) is 3. The number of nitrogens with one attached hydrogen (secondary N) is 1. The number of hydrogen-bond acceptors (Lipinski definition) is 6. The molecule has 0 spiro atoms. The highest BCUT2D eigenvalue weighted by atomic mass is 35.5. The number of amides is 1. The average Bonchev–Trinajstić information content (AvgIpc) is 2.66. The van der Waals surface area contributed by atoms with E-state index >= 15 is 0 Å². The molecule has 0 aliphatic heterocycles. The van der Waals surface area contributed by atoms with Crippen molar-refractivity contribution >= 4 is 23.7 Å². The number of nitrogens with zero attached hydrogens (tertiary/aromatic N) is 2. The highest BCUT2D eigenvalue weighted by Gasteiger charge is 2.06. The summed E-state index contributed by atoms with van der Waals surface area (Å²) >= 11 is 5.94. The molecule has 1 amide bonds. The molecule has 8 heteroatoms. The molecule has 0 aromatic heterocycles. The standard InChI is InChI=1S/C18H16ClN3O4/c1-24-17-10-13(6-7-16(17)25-9-8-20)11-21-22-18(23)12-26-15-5-3-2-4-14(15)19/h2-7,10-11H,9,12H2,1H3,(H,22,23). The van der Waals surface area contributed by atoms with Crippen LogP contribution in [0.1, 0.15) is 5.56 Å². The normalized spacial score (nSPS) is 10.2. The van der Waals surface area contributed by atoms with Crippen molar-refractivity contribution in [2.75, 3.05) is 20.3 Å². The predicted octanol–water partition coefficient (Wildman–Crippen LogP) is 2.78. The quantitative estimate of drug-likeness (QED) is 0.567. The van der Waals surface area contributed by atoms with E-state index in [0.717, 1.165) is 0 Å². The summed E-state index contributed by atoms with van der Waals surface area (Å²) in [6, 6.07) is 13.8. The van der Waals surface area contributed by atoms with Gasteiger partial charge in [0.1, 0.15) is 11.8 Å². The molecule has 7 nitrogen and oxygen atoms in total. The lowest BCUT2D eigenvalue weighted by atomic mass is 10.2. The molecular weight excluding hydrogens is 358 g/mol. The lowest BCUT2D eigenvalue weighted by Crippen LogP contribution is -2.24. The van der Waals surface area contributed by atoms with Crippen LogP contribution < -0.4 is 19.6 Å². The zero-order valence-electron chi connectivity index (χ0n) is 13.9. The van der Waals surface area contributed by atoms with Gasteiger partial charge >= 0.3 is 0 Å². The van der Waals surface area contributed by atoms with Gasteiger partial charge in [0.15, 0.2) is 24.7 Å². The lowest BCUT2D eigenvalue weighted by Gasteiger charge is -2.08. The second-order valence-electron chi connectivity index (χ2n) is 4.87. The number of rotatable bonds is 8. The number of methoxy groups -OCH3 is 1. The number of para-hydroxylation sites is 1. The van der Waals surface area contributed by atoms with Gasteiger partial charge in [0.2, 0.25) is 0 Å². The Hall–Kier alpha value is -3.24. The van der Waals surface area contributed by atoms with Crippen LogP contribution in [0, 0.1) is 11.3 Å². The van der Waals surface area contributed by atoms with Crippen LogP contribution in [0.5, 0.6) is 17.2 Å². The zero-order valence-corrected chi connectivity index (χ0v) is 14.7. The van der Waals surface area contributed by atoms with Crippen molar-refractivity contribution in [1.29, 1.82) is 5.26 Å². The van der Waals surface area contributed by atoms with Crippen LogP contribution in [0.4, 0.5) is 0 Å². The molecule has 0 heterocycles. The first-order valence-electron chi connectivity index (χ1n) is 7.51. The van der Waals surface area contributed by atoms with Gasteiger partial charge in [-0.05, 0) is 35.9 Å². The molecule has 2 aromatic carbocycles. The molecule has 0 aliphatic rings. The predicted molar refractivity (Wildman–Crippen MR) is 96.8 cm³/mol. The van der Waals surface area contributed by atoms with E-state index in [-0.39, 0.29) is 13.2 Å². The molecule has 0 aliphatic carbocycles. The molecule has 134 valence electrons. The molecule has 0 radical (unpaired) electrons. The minimum Gasteiger partial charge on any atom is -0.493 e. The third-order valence-corrected chi connectivity index (χ3v) is 3.39. The van der Waals surface area contributed by atoms with Crippen LogP contribution in [-0.4, -0.2) is 32.4 Å². The SMILES string of the molecule is COc1cc(C=NNC(=O)COc2ccccc2Cl)ccc1OCC#N. The molecule has 2 rings (SSSR count). The van der Waals surface area contributed by atoms with E-state index in [2.05, 4.69) is 10.5 Å². The minimum atomic E-state index is -0.429. The van der Waals surface area contributed by atoms with Crippen LogP contribution >= 0.6 is 11.6 Å². The van der Waals surface area contributed by atoms with Gasteiger partial charge in [-0.3, -0.25) is 4.79 Å². The topological polar surface area (TPSA) is 92.9 Å². The number of carbonyl (C=O) groups excluding carboxylic acids is 1. The number of hydrogen-bond donors (Lipinski definition) is 1. The van der Waals surface area contributed by atoms with Gasteiger partial charge in [-0.15, -0.1) is 0 Å². The maximum Gasteiger partial charge on any atom is 0.277 e. The van der Waals surface area contributed by atoms with Gasteiger partial charge in [-0.2, -0.15) is 10.4 Å². The molecule has 0 fully saturated rings. The van der Waals surface area contributed by atoms with Gasteiger partial charge in [0.05, 0.1) is 18.3 Å². The van der Waals surface area contributed by atoms with Crippen molar-refractivity contribution in [3.63, 3.8) is 0 Å². The molecular formula is C18H16ClN3O4. The molecule has 0 saturated heterocycles. The van der Waals surface area contributed by atoms with Crippen molar-refractivity contribution in [3.8, 4) is 23.3 Å². The highest BCUT2D eigenvalue weighted by molar-refractivity contribution is 6.32. The Morgan fingerprint density at radius 3 is 2.77 bits per heavy atom. The first-order valence-corrected chi connectivity index (χ1v) is 7.89. The Balaban J connectivity index is 1.88. The minimum absolute atomic E-state index is 0.0781. The van der Waals surface area contributed by atoms with Gasteiger partial charge in [-0.25, -0.2) is 5.43 Å². The maximum atomic E-state index is 11.7. The monoisotopic (exact) mass is 373 g/mol.